The lowest BCUT2D eigenvalue weighted by Crippen LogP contribution is -2.35. The number of carbonyl (C=O) groups is 2. The second-order valence-corrected chi connectivity index (χ2v) is 7.56. The van der Waals surface area contributed by atoms with Crippen molar-refractivity contribution in [1.82, 2.24) is 10.6 Å². The minimum atomic E-state index is -0.386. The molecule has 1 aliphatic heterocycles. The Morgan fingerprint density at radius 1 is 1.17 bits per heavy atom. The number of amides is 2. The van der Waals surface area contributed by atoms with Crippen molar-refractivity contribution in [2.45, 2.75) is 18.9 Å². The van der Waals surface area contributed by atoms with Crippen molar-refractivity contribution < 1.29 is 14.3 Å². The van der Waals surface area contributed by atoms with Crippen LogP contribution in [0, 0.1) is 0 Å². The average molecular weight is 444 g/mol. The van der Waals surface area contributed by atoms with E-state index < -0.39 is 0 Å². The molecule has 1 fully saturated rings. The standard InChI is InChI=1S/C22H22ClN3O3S/c23-16-10-7-15(8-11-16)9-12-20(27)26-22(30)25-19-6-2-1-5-18(19)21(28)24-14-17-4-3-13-29-17/h1-2,5-12,17H,3-4,13-14H2,(H,24,28)(H2,25,26,27,30)/b12-9+. The quantitative estimate of drug-likeness (QED) is 0.467. The third kappa shape index (κ3) is 6.66. The van der Waals surface area contributed by atoms with E-state index in [1.165, 1.54) is 6.08 Å². The summed E-state index contributed by atoms with van der Waals surface area (Å²) in [5, 5.41) is 9.09. The van der Waals surface area contributed by atoms with Gasteiger partial charge in [0.2, 0.25) is 5.91 Å². The number of rotatable bonds is 6. The zero-order valence-corrected chi connectivity index (χ0v) is 17.8. The van der Waals surface area contributed by atoms with Crippen LogP contribution in [0.15, 0.2) is 54.6 Å². The molecule has 2 aromatic rings. The van der Waals surface area contributed by atoms with Crippen LogP contribution >= 0.6 is 23.8 Å². The van der Waals surface area contributed by atoms with Crippen molar-refractivity contribution in [3.8, 4) is 0 Å². The van der Waals surface area contributed by atoms with Gasteiger partial charge < -0.3 is 15.4 Å². The molecule has 3 rings (SSSR count). The van der Waals surface area contributed by atoms with Gasteiger partial charge in [0.1, 0.15) is 0 Å². The number of thiocarbonyl (C=S) groups is 1. The van der Waals surface area contributed by atoms with Crippen LogP contribution in [0.2, 0.25) is 5.02 Å². The summed E-state index contributed by atoms with van der Waals surface area (Å²) in [5.74, 6) is -0.617. The van der Waals surface area contributed by atoms with Gasteiger partial charge in [-0.2, -0.15) is 0 Å². The molecule has 8 heteroatoms. The molecule has 6 nitrogen and oxygen atoms in total. The highest BCUT2D eigenvalue weighted by atomic mass is 35.5. The Labute approximate surface area is 185 Å². The molecule has 0 aliphatic carbocycles. The lowest BCUT2D eigenvalue weighted by atomic mass is 10.1. The molecule has 2 amide bonds. The fraction of sp³-hybridized carbons (Fsp3) is 0.227. The lowest BCUT2D eigenvalue weighted by Gasteiger charge is -2.14. The second kappa shape index (κ2) is 10.9. The highest BCUT2D eigenvalue weighted by Crippen LogP contribution is 2.16. The third-order valence-electron chi connectivity index (χ3n) is 4.47. The van der Waals surface area contributed by atoms with E-state index in [1.54, 1.807) is 54.6 Å². The first kappa shape index (κ1) is 22.0. The number of anilines is 1. The highest BCUT2D eigenvalue weighted by molar-refractivity contribution is 7.80. The fourth-order valence-electron chi connectivity index (χ4n) is 2.95. The Bertz CT molecular complexity index is 941. The summed E-state index contributed by atoms with van der Waals surface area (Å²) in [4.78, 5) is 24.7. The molecule has 2 aromatic carbocycles. The van der Waals surface area contributed by atoms with Crippen LogP contribution in [0.3, 0.4) is 0 Å². The predicted octanol–water partition coefficient (Wildman–Crippen LogP) is 3.78. The number of carbonyl (C=O) groups excluding carboxylic acids is 2. The van der Waals surface area contributed by atoms with Crippen molar-refractivity contribution in [3.05, 3.63) is 70.8 Å². The molecule has 1 atom stereocenters. The summed E-state index contributed by atoms with van der Waals surface area (Å²) in [7, 11) is 0. The monoisotopic (exact) mass is 443 g/mol. The molecular formula is C22H22ClN3O3S. The van der Waals surface area contributed by atoms with Gasteiger partial charge in [0, 0.05) is 24.3 Å². The van der Waals surface area contributed by atoms with Crippen LogP contribution in [0.1, 0.15) is 28.8 Å². The maximum atomic E-state index is 12.6. The van der Waals surface area contributed by atoms with E-state index in [0.29, 0.717) is 22.8 Å². The molecule has 3 N–H and O–H groups in total. The number of hydrogen-bond acceptors (Lipinski definition) is 4. The van der Waals surface area contributed by atoms with E-state index in [1.807, 2.05) is 0 Å². The van der Waals surface area contributed by atoms with Crippen molar-refractivity contribution in [2.75, 3.05) is 18.5 Å². The summed E-state index contributed by atoms with van der Waals surface area (Å²) in [6, 6.07) is 14.0. The van der Waals surface area contributed by atoms with E-state index in [9.17, 15) is 9.59 Å². The molecule has 0 aromatic heterocycles. The lowest BCUT2D eigenvalue weighted by molar-refractivity contribution is -0.115. The summed E-state index contributed by atoms with van der Waals surface area (Å²) in [6.07, 6.45) is 5.04. The van der Waals surface area contributed by atoms with E-state index in [4.69, 9.17) is 28.6 Å². The van der Waals surface area contributed by atoms with E-state index in [-0.39, 0.29) is 23.0 Å². The first-order chi connectivity index (χ1) is 14.5. The average Bonchev–Trinajstić information content (AvgIpc) is 3.25. The smallest absolute Gasteiger partial charge is 0.253 e. The number of halogens is 1. The fourth-order valence-corrected chi connectivity index (χ4v) is 3.29. The Morgan fingerprint density at radius 3 is 2.67 bits per heavy atom. The van der Waals surface area contributed by atoms with Crippen LogP contribution in [-0.2, 0) is 9.53 Å². The summed E-state index contributed by atoms with van der Waals surface area (Å²) in [6.45, 7) is 1.20. The van der Waals surface area contributed by atoms with Crippen molar-refractivity contribution in [2.24, 2.45) is 0 Å². The van der Waals surface area contributed by atoms with Gasteiger partial charge in [-0.05, 0) is 61.0 Å². The maximum Gasteiger partial charge on any atom is 0.253 e. The summed E-state index contributed by atoms with van der Waals surface area (Å²) >= 11 is 11.1. The van der Waals surface area contributed by atoms with Crippen molar-refractivity contribution >= 4 is 52.5 Å². The van der Waals surface area contributed by atoms with E-state index in [0.717, 1.165) is 25.0 Å². The Hall–Kier alpha value is -2.74. The number of ether oxygens (including phenoxy) is 1. The highest BCUT2D eigenvalue weighted by Gasteiger charge is 2.18. The topological polar surface area (TPSA) is 79.5 Å². The maximum absolute atomic E-state index is 12.6. The van der Waals surface area contributed by atoms with E-state index in [2.05, 4.69) is 16.0 Å². The molecule has 1 unspecified atom stereocenters. The van der Waals surface area contributed by atoms with Gasteiger partial charge in [-0.15, -0.1) is 0 Å². The SMILES string of the molecule is O=C(/C=C/c1ccc(Cl)cc1)NC(=S)Nc1ccccc1C(=O)NCC1CCCO1. The van der Waals surface area contributed by atoms with Gasteiger partial charge in [0.25, 0.3) is 5.91 Å². The molecule has 1 heterocycles. The number of hydrogen-bond donors (Lipinski definition) is 3. The zero-order valence-electron chi connectivity index (χ0n) is 16.2. The molecular weight excluding hydrogens is 422 g/mol. The Morgan fingerprint density at radius 2 is 1.93 bits per heavy atom. The predicted molar refractivity (Wildman–Crippen MR) is 123 cm³/mol. The molecule has 0 bridgehead atoms. The molecule has 0 radical (unpaired) electrons. The third-order valence-corrected chi connectivity index (χ3v) is 4.92. The Balaban J connectivity index is 1.54. The first-order valence-electron chi connectivity index (χ1n) is 9.56. The van der Waals surface area contributed by atoms with Gasteiger partial charge in [-0.1, -0.05) is 35.9 Å². The minimum Gasteiger partial charge on any atom is -0.376 e. The van der Waals surface area contributed by atoms with Crippen LogP contribution in [0.4, 0.5) is 5.69 Å². The molecule has 156 valence electrons. The van der Waals surface area contributed by atoms with Gasteiger partial charge in [-0.3, -0.25) is 14.9 Å². The summed E-state index contributed by atoms with van der Waals surface area (Å²) < 4.78 is 5.53. The number of benzene rings is 2. The first-order valence-corrected chi connectivity index (χ1v) is 10.3. The largest absolute Gasteiger partial charge is 0.376 e. The molecule has 1 saturated heterocycles. The zero-order chi connectivity index (χ0) is 21.3. The number of nitrogens with one attached hydrogen (secondary N) is 3. The minimum absolute atomic E-state index is 0.0573. The van der Waals surface area contributed by atoms with E-state index >= 15 is 0 Å². The van der Waals surface area contributed by atoms with Gasteiger partial charge in [0.15, 0.2) is 5.11 Å². The van der Waals surface area contributed by atoms with Gasteiger partial charge in [-0.25, -0.2) is 0 Å². The summed E-state index contributed by atoms with van der Waals surface area (Å²) in [5.41, 5.74) is 1.78. The molecule has 30 heavy (non-hydrogen) atoms. The van der Waals surface area contributed by atoms with Crippen molar-refractivity contribution in [3.63, 3.8) is 0 Å². The van der Waals surface area contributed by atoms with Crippen LogP contribution < -0.4 is 16.0 Å². The van der Waals surface area contributed by atoms with Crippen molar-refractivity contribution in [1.29, 1.82) is 0 Å². The molecule has 1 aliphatic rings. The van der Waals surface area contributed by atoms with Crippen LogP contribution in [0.25, 0.3) is 6.08 Å². The molecule has 0 saturated carbocycles. The van der Waals surface area contributed by atoms with Crippen LogP contribution in [0.5, 0.6) is 0 Å². The van der Waals surface area contributed by atoms with Gasteiger partial charge in [0.05, 0.1) is 17.4 Å². The number of para-hydroxylation sites is 1. The normalized spacial score (nSPS) is 15.7. The second-order valence-electron chi connectivity index (χ2n) is 6.72. The van der Waals surface area contributed by atoms with Crippen LogP contribution in [-0.4, -0.2) is 36.2 Å². The molecule has 0 spiro atoms. The Kier molecular flexibility index (Phi) is 7.96. The van der Waals surface area contributed by atoms with Gasteiger partial charge >= 0.3 is 0 Å².